The van der Waals surface area contributed by atoms with E-state index in [-0.39, 0.29) is 5.82 Å². The summed E-state index contributed by atoms with van der Waals surface area (Å²) in [6, 6.07) is 6.03. The number of hydrogen-bond donors (Lipinski definition) is 0. The molecule has 19 heavy (non-hydrogen) atoms. The first kappa shape index (κ1) is 12.0. The molecular formula is C12H8BrFN4O. The summed E-state index contributed by atoms with van der Waals surface area (Å²) in [5.41, 5.74) is 0.742. The van der Waals surface area contributed by atoms with E-state index in [0.717, 1.165) is 5.69 Å². The summed E-state index contributed by atoms with van der Waals surface area (Å²) >= 11 is 3.22. The summed E-state index contributed by atoms with van der Waals surface area (Å²) < 4.78 is 21.0. The molecule has 0 amide bonds. The first-order valence-corrected chi connectivity index (χ1v) is 6.22. The minimum absolute atomic E-state index is 0.370. The van der Waals surface area contributed by atoms with Crippen LogP contribution in [0.4, 0.5) is 4.39 Å². The number of aromatic nitrogens is 4. The van der Waals surface area contributed by atoms with Gasteiger partial charge in [-0.2, -0.15) is 14.6 Å². The van der Waals surface area contributed by atoms with E-state index in [9.17, 15) is 4.39 Å². The summed E-state index contributed by atoms with van der Waals surface area (Å²) in [7, 11) is 0. The lowest BCUT2D eigenvalue weighted by Crippen LogP contribution is -1.99. The first-order chi connectivity index (χ1) is 9.11. The molecule has 0 fully saturated rings. The lowest BCUT2D eigenvalue weighted by atomic mass is 10.3. The number of rotatable bonds is 2. The van der Waals surface area contributed by atoms with E-state index in [1.807, 2.05) is 6.92 Å². The van der Waals surface area contributed by atoms with Crippen molar-refractivity contribution >= 4 is 21.7 Å². The number of hydrogen-bond acceptors (Lipinski definition) is 4. The number of nitrogens with zero attached hydrogens (tertiary/aromatic N) is 4. The Kier molecular flexibility index (Phi) is 2.90. The van der Waals surface area contributed by atoms with Crippen molar-refractivity contribution in [1.82, 2.24) is 19.6 Å². The van der Waals surface area contributed by atoms with Gasteiger partial charge in [0.2, 0.25) is 5.88 Å². The Bertz CT molecular complexity index is 738. The predicted octanol–water partition coefficient (Wildman–Crippen LogP) is 3.13. The number of benzene rings is 1. The Morgan fingerprint density at radius 3 is 2.89 bits per heavy atom. The average molecular weight is 323 g/mol. The Hall–Kier alpha value is -2.02. The fraction of sp³-hybridized carbons (Fsp3) is 0.0833. The molecule has 0 aliphatic heterocycles. The third-order valence-electron chi connectivity index (χ3n) is 2.41. The van der Waals surface area contributed by atoms with Gasteiger partial charge in [0.05, 0.1) is 0 Å². The zero-order valence-electron chi connectivity index (χ0n) is 9.84. The lowest BCUT2D eigenvalue weighted by Gasteiger charge is -2.08. The zero-order valence-corrected chi connectivity index (χ0v) is 11.4. The van der Waals surface area contributed by atoms with Crippen molar-refractivity contribution in [1.29, 1.82) is 0 Å². The monoisotopic (exact) mass is 322 g/mol. The van der Waals surface area contributed by atoms with Gasteiger partial charge in [0.1, 0.15) is 17.9 Å². The van der Waals surface area contributed by atoms with E-state index < -0.39 is 0 Å². The molecule has 3 aromatic rings. The normalized spacial score (nSPS) is 10.9. The van der Waals surface area contributed by atoms with Crippen molar-refractivity contribution < 1.29 is 9.13 Å². The van der Waals surface area contributed by atoms with Crippen molar-refractivity contribution in [3.8, 4) is 11.6 Å². The fourth-order valence-corrected chi connectivity index (χ4v) is 2.12. The molecule has 2 heterocycles. The van der Waals surface area contributed by atoms with Crippen LogP contribution in [0.2, 0.25) is 0 Å². The molecule has 0 aliphatic rings. The van der Waals surface area contributed by atoms with Crippen LogP contribution in [0.25, 0.3) is 5.78 Å². The van der Waals surface area contributed by atoms with Crippen LogP contribution in [0.15, 0.2) is 35.1 Å². The molecule has 3 rings (SSSR count). The van der Waals surface area contributed by atoms with Crippen LogP contribution in [0.5, 0.6) is 11.6 Å². The molecule has 0 spiro atoms. The summed E-state index contributed by atoms with van der Waals surface area (Å²) in [5, 5.41) is 4.01. The minimum atomic E-state index is -0.384. The zero-order chi connectivity index (χ0) is 13.4. The number of halogens is 2. The van der Waals surface area contributed by atoms with E-state index in [2.05, 4.69) is 31.0 Å². The van der Waals surface area contributed by atoms with E-state index in [4.69, 9.17) is 4.74 Å². The molecule has 2 aromatic heterocycles. The van der Waals surface area contributed by atoms with Gasteiger partial charge in [0.25, 0.3) is 5.78 Å². The molecular weight excluding hydrogens is 315 g/mol. The van der Waals surface area contributed by atoms with Crippen LogP contribution < -0.4 is 4.74 Å². The summed E-state index contributed by atoms with van der Waals surface area (Å²) in [6.45, 7) is 1.82. The molecule has 0 saturated heterocycles. The van der Waals surface area contributed by atoms with Crippen molar-refractivity contribution in [3.05, 3.63) is 46.6 Å². The molecule has 96 valence electrons. The lowest BCUT2D eigenvalue weighted by molar-refractivity contribution is 0.441. The SMILES string of the molecule is Cc1cc(Oc2cc(F)cc(Br)c2)n2ncnc2n1. The molecule has 0 unspecified atom stereocenters. The van der Waals surface area contributed by atoms with Crippen LogP contribution in [-0.2, 0) is 0 Å². The summed E-state index contributed by atoms with van der Waals surface area (Å²) in [5.74, 6) is 0.849. The van der Waals surface area contributed by atoms with E-state index in [1.165, 1.54) is 23.0 Å². The van der Waals surface area contributed by atoms with Crippen molar-refractivity contribution in [2.75, 3.05) is 0 Å². The second-order valence-corrected chi connectivity index (χ2v) is 4.83. The van der Waals surface area contributed by atoms with Crippen LogP contribution in [0.3, 0.4) is 0 Å². The Labute approximate surface area is 116 Å². The maximum Gasteiger partial charge on any atom is 0.255 e. The highest BCUT2D eigenvalue weighted by Crippen LogP contribution is 2.26. The standard InChI is InChI=1S/C12H8BrFN4O/c1-7-2-11(18-12(17-7)15-6-16-18)19-10-4-8(13)3-9(14)5-10/h2-6H,1H3. The molecule has 0 bridgehead atoms. The van der Waals surface area contributed by atoms with Gasteiger partial charge >= 0.3 is 0 Å². The maximum atomic E-state index is 13.3. The fourth-order valence-electron chi connectivity index (χ4n) is 1.68. The highest BCUT2D eigenvalue weighted by Gasteiger charge is 2.09. The molecule has 0 saturated carbocycles. The maximum absolute atomic E-state index is 13.3. The van der Waals surface area contributed by atoms with Gasteiger partial charge in [-0.3, -0.25) is 0 Å². The van der Waals surface area contributed by atoms with E-state index >= 15 is 0 Å². The van der Waals surface area contributed by atoms with Crippen molar-refractivity contribution in [2.24, 2.45) is 0 Å². The van der Waals surface area contributed by atoms with Gasteiger partial charge in [-0.15, -0.1) is 0 Å². The minimum Gasteiger partial charge on any atom is -0.439 e. The number of ether oxygens (including phenoxy) is 1. The van der Waals surface area contributed by atoms with Gasteiger partial charge in [-0.05, 0) is 19.1 Å². The van der Waals surface area contributed by atoms with E-state index in [0.29, 0.717) is 21.9 Å². The van der Waals surface area contributed by atoms with E-state index in [1.54, 1.807) is 12.1 Å². The second-order valence-electron chi connectivity index (χ2n) is 3.91. The van der Waals surface area contributed by atoms with Crippen LogP contribution in [-0.4, -0.2) is 19.6 Å². The smallest absolute Gasteiger partial charge is 0.255 e. The molecule has 7 heteroatoms. The topological polar surface area (TPSA) is 52.3 Å². The van der Waals surface area contributed by atoms with Crippen LogP contribution >= 0.6 is 15.9 Å². The number of aryl methyl sites for hydroxylation is 1. The van der Waals surface area contributed by atoms with Crippen LogP contribution in [0.1, 0.15) is 5.69 Å². The van der Waals surface area contributed by atoms with Gasteiger partial charge in [-0.1, -0.05) is 15.9 Å². The van der Waals surface area contributed by atoms with Crippen LogP contribution in [0, 0.1) is 12.7 Å². The Morgan fingerprint density at radius 2 is 2.11 bits per heavy atom. The van der Waals surface area contributed by atoms with Gasteiger partial charge in [-0.25, -0.2) is 9.37 Å². The molecule has 1 aromatic carbocycles. The Balaban J connectivity index is 2.07. The van der Waals surface area contributed by atoms with Gasteiger partial charge in [0.15, 0.2) is 0 Å². The largest absolute Gasteiger partial charge is 0.439 e. The molecule has 0 radical (unpaired) electrons. The molecule has 5 nitrogen and oxygen atoms in total. The van der Waals surface area contributed by atoms with Gasteiger partial charge in [0, 0.05) is 22.3 Å². The predicted molar refractivity (Wildman–Crippen MR) is 69.7 cm³/mol. The van der Waals surface area contributed by atoms with Crippen molar-refractivity contribution in [3.63, 3.8) is 0 Å². The summed E-state index contributed by atoms with van der Waals surface area (Å²) in [4.78, 5) is 8.19. The third-order valence-corrected chi connectivity index (χ3v) is 2.86. The number of fused-ring (bicyclic) bond motifs is 1. The Morgan fingerprint density at radius 1 is 1.26 bits per heavy atom. The average Bonchev–Trinajstić information content (AvgIpc) is 2.75. The quantitative estimate of drug-likeness (QED) is 0.727. The van der Waals surface area contributed by atoms with Crippen molar-refractivity contribution in [2.45, 2.75) is 6.92 Å². The first-order valence-electron chi connectivity index (χ1n) is 5.43. The molecule has 0 aliphatic carbocycles. The van der Waals surface area contributed by atoms with Gasteiger partial charge < -0.3 is 4.74 Å². The second kappa shape index (κ2) is 4.58. The highest BCUT2D eigenvalue weighted by molar-refractivity contribution is 9.10. The highest BCUT2D eigenvalue weighted by atomic mass is 79.9. The third kappa shape index (κ3) is 2.41. The molecule has 0 N–H and O–H groups in total. The summed E-state index contributed by atoms with van der Waals surface area (Å²) in [6.07, 6.45) is 1.39. The molecule has 0 atom stereocenters.